The summed E-state index contributed by atoms with van der Waals surface area (Å²) >= 11 is 0. The summed E-state index contributed by atoms with van der Waals surface area (Å²) in [7, 11) is -28.5. The van der Waals surface area contributed by atoms with Gasteiger partial charge in [-0.3, -0.25) is 23.2 Å². The zero-order valence-electron chi connectivity index (χ0n) is 57.5. The monoisotopic (exact) mass is 1570 g/mol. The van der Waals surface area contributed by atoms with Gasteiger partial charge < -0.3 is 35.2 Å². The van der Waals surface area contributed by atoms with Gasteiger partial charge >= 0.3 is 5.97 Å². The summed E-state index contributed by atoms with van der Waals surface area (Å²) in [6.07, 6.45) is 12.1. The minimum absolute atomic E-state index is 0.00726. The smallest absolute Gasteiger partial charge is 0.326 e. The number of ether oxygens (including phenoxy) is 1. The van der Waals surface area contributed by atoms with E-state index in [0.717, 1.165) is 19.3 Å². The Labute approximate surface area is 604 Å². The van der Waals surface area contributed by atoms with Crippen LogP contribution in [-0.4, -0.2) is 151 Å². The first-order valence-corrected chi connectivity index (χ1v) is 42.8. The van der Waals surface area contributed by atoms with Crippen molar-refractivity contribution < 1.29 is 111 Å². The average Bonchev–Trinajstić information content (AvgIpc) is 1.43. The molecule has 0 unspecified atom stereocenters. The van der Waals surface area contributed by atoms with E-state index in [2.05, 4.69) is 16.0 Å². The summed E-state index contributed by atoms with van der Waals surface area (Å²) in [5, 5.41) is 22.7. The second-order valence-electron chi connectivity index (χ2n) is 27.1. The quantitative estimate of drug-likeness (QED) is 0.00980. The maximum Gasteiger partial charge on any atom is 0.326 e. The van der Waals surface area contributed by atoms with Gasteiger partial charge in [0, 0.05) is 85.1 Å². The molecule has 0 spiro atoms. The molecular weight excluding hydrogens is 1490 g/mol. The Morgan fingerprint density at radius 2 is 1.31 bits per heavy atom. The fraction of sp³-hybridized carbons (Fsp3) is 0.471. The topological polar surface area (TPSA) is 438 Å². The molecule has 36 heteroatoms. The number of fused-ring (bicyclic) bond motifs is 2. The standard InChI is InChI=1S/C68H85F3N6O21S6/c1-67(2)50-41-48(103(92,93)94)27-29-53(50)76(35-10-12-37-100(84,85)86)55(67)31-23-44-16-14-17-45(24-32-56-68(3,4)51-42-49(104(95,96)97)28-30-54(51)77(56)36-11-13-38-101(87,88)89)63(44)98-47-25-21-43(22-26-47)40-52(66(80)81)75-58(79)20-15-34-73-57(78)33-39-99(82,83)65-60(70)59(69)64(102(72,90)91)61(71)62(65)74-46-18-8-6-5-7-9-19-46/h21-32,41-42,46,52,74H,5-20,33-40H2,1-4H3,(H8-,72,73,75,78,79,80,81,84,85,86,87,88,89,90,91,92,93,94,95,96,97)/t52-/m0/s1. The van der Waals surface area contributed by atoms with Crippen LogP contribution in [-0.2, 0) is 92.0 Å². The lowest BCUT2D eigenvalue weighted by molar-refractivity contribution is -0.438. The normalized spacial score (nSPS) is 18.0. The van der Waals surface area contributed by atoms with Gasteiger partial charge in [-0.15, -0.1) is 0 Å². The predicted octanol–water partition coefficient (Wildman–Crippen LogP) is 8.69. The first kappa shape index (κ1) is 82.3. The number of unbranched alkanes of at least 4 members (excludes halogenated alkanes) is 2. The van der Waals surface area contributed by atoms with E-state index in [1.54, 1.807) is 24.3 Å². The highest BCUT2D eigenvalue weighted by Crippen LogP contribution is 2.50. The molecule has 4 aliphatic rings. The number of amides is 2. The van der Waals surface area contributed by atoms with E-state index in [0.29, 0.717) is 101 Å². The van der Waals surface area contributed by atoms with Crippen LogP contribution in [0.4, 0.5) is 30.2 Å². The Morgan fingerprint density at radius 3 is 1.92 bits per heavy atom. The number of allylic oxidation sites excluding steroid dienone is 7. The van der Waals surface area contributed by atoms with Gasteiger partial charge in [0.2, 0.25) is 27.5 Å². The number of rotatable bonds is 32. The van der Waals surface area contributed by atoms with E-state index in [-0.39, 0.29) is 80.1 Å². The molecule has 0 aromatic heterocycles. The minimum Gasteiger partial charge on any atom is -0.748 e. The van der Waals surface area contributed by atoms with Crippen LogP contribution in [0.1, 0.15) is 154 Å². The Hall–Kier alpha value is -7.39. The van der Waals surface area contributed by atoms with Gasteiger partial charge in [-0.25, -0.2) is 48.4 Å². The number of carbonyl (C=O) groups is 3. The lowest BCUT2D eigenvalue weighted by Gasteiger charge is -2.28. The van der Waals surface area contributed by atoms with Crippen LogP contribution in [0.15, 0.2) is 127 Å². The van der Waals surface area contributed by atoms with Gasteiger partial charge in [0.05, 0.1) is 42.5 Å². The van der Waals surface area contributed by atoms with Crippen LogP contribution in [0.3, 0.4) is 0 Å². The summed E-state index contributed by atoms with van der Waals surface area (Å²) in [5.74, 6) is -11.3. The fourth-order valence-corrected chi connectivity index (χ4v) is 17.7. The molecule has 2 heterocycles. The number of hydrogen-bond acceptors (Lipinski definition) is 19. The third kappa shape index (κ3) is 20.8. The summed E-state index contributed by atoms with van der Waals surface area (Å²) in [5.41, 5.74) is 2.04. The number of nitrogens with two attached hydrogens (primary N) is 1. The Balaban J connectivity index is 1.02. The van der Waals surface area contributed by atoms with Crippen molar-refractivity contribution >= 4 is 101 Å². The first-order chi connectivity index (χ1) is 48.4. The van der Waals surface area contributed by atoms with Crippen molar-refractivity contribution in [1.29, 1.82) is 0 Å². The van der Waals surface area contributed by atoms with E-state index in [1.807, 2.05) is 61.5 Å². The van der Waals surface area contributed by atoms with Crippen molar-refractivity contribution in [2.75, 3.05) is 47.1 Å². The number of sulfone groups is 1. The number of halogens is 3. The molecule has 0 bridgehead atoms. The molecule has 570 valence electrons. The van der Waals surface area contributed by atoms with Gasteiger partial charge in [0.15, 0.2) is 37.9 Å². The molecule has 0 saturated heterocycles. The van der Waals surface area contributed by atoms with Crippen molar-refractivity contribution in [3.05, 3.63) is 142 Å². The zero-order chi connectivity index (χ0) is 76.7. The number of carboxylic acids is 1. The predicted molar refractivity (Wildman–Crippen MR) is 378 cm³/mol. The third-order valence-corrected chi connectivity index (χ3v) is 24.7. The fourth-order valence-electron chi connectivity index (χ4n) is 13.4. The van der Waals surface area contributed by atoms with Crippen molar-refractivity contribution in [2.45, 2.75) is 186 Å². The number of aliphatic carboxylic acids is 1. The molecule has 1 atom stereocenters. The van der Waals surface area contributed by atoms with Crippen LogP contribution >= 0.6 is 0 Å². The lowest BCUT2D eigenvalue weighted by atomic mass is 9.81. The number of nitrogens with one attached hydrogen (secondary N) is 3. The minimum atomic E-state index is -5.25. The highest BCUT2D eigenvalue weighted by Gasteiger charge is 2.46. The molecule has 1 fully saturated rings. The molecule has 1 saturated carbocycles. The van der Waals surface area contributed by atoms with Crippen LogP contribution in [0.2, 0.25) is 0 Å². The van der Waals surface area contributed by atoms with Crippen molar-refractivity contribution in [3.63, 3.8) is 0 Å². The highest BCUT2D eigenvalue weighted by atomic mass is 32.2. The molecule has 2 aliphatic heterocycles. The number of sulfonamides is 1. The number of anilines is 2. The molecule has 104 heavy (non-hydrogen) atoms. The SMILES string of the molecule is CC1(C)C(/C=C/C2=C(Oc3ccc(C[C@H](NC(=O)CCCNC(=O)CCS(=O)(=O)c4c(F)c(F)c(S(N)(=O)=O)c(F)c4NC4CCCCCCC4)C(=O)O)cc3)C(=C/C=C3/N(CCCCS(=O)(=O)[O-])c4ccc(S(=O)(=O)O)cc4C3(C)C)/CCC2)=[N+](CCCCS(=O)(=O)O)c2ccc(S(=O)(=O)O)cc21. The van der Waals surface area contributed by atoms with Gasteiger partial charge in [0.1, 0.15) is 29.0 Å². The largest absolute Gasteiger partial charge is 0.748 e. The molecule has 4 aromatic carbocycles. The van der Waals surface area contributed by atoms with Gasteiger partial charge in [0.25, 0.3) is 30.4 Å². The number of benzene rings is 4. The van der Waals surface area contributed by atoms with Gasteiger partial charge in [-0.1, -0.05) is 64.2 Å². The number of primary sulfonamides is 1. The average molecular weight is 1570 g/mol. The number of carbonyl (C=O) groups excluding carboxylic acids is 2. The second-order valence-corrected chi connectivity index (χ2v) is 36.6. The van der Waals surface area contributed by atoms with E-state index in [1.165, 1.54) is 36.4 Å². The Kier molecular flexibility index (Phi) is 26.2. The molecular formula is C68H85F3N6O21S6. The summed E-state index contributed by atoms with van der Waals surface area (Å²) in [6.45, 7) is 7.48. The lowest BCUT2D eigenvalue weighted by Crippen LogP contribution is -2.42. The maximum atomic E-state index is 15.9. The summed E-state index contributed by atoms with van der Waals surface area (Å²) < 4.78 is 245. The molecule has 9 N–H and O–H groups in total. The van der Waals surface area contributed by atoms with Crippen LogP contribution in [0, 0.1) is 17.5 Å². The van der Waals surface area contributed by atoms with E-state index in [9.17, 15) is 88.2 Å². The van der Waals surface area contributed by atoms with Crippen molar-refractivity contribution in [1.82, 2.24) is 10.6 Å². The zero-order valence-corrected chi connectivity index (χ0v) is 62.4. The summed E-state index contributed by atoms with van der Waals surface area (Å²) in [4.78, 5) is 36.6. The van der Waals surface area contributed by atoms with E-state index >= 15 is 13.2 Å². The van der Waals surface area contributed by atoms with Crippen LogP contribution < -0.4 is 30.7 Å². The molecule has 2 aliphatic carbocycles. The van der Waals surface area contributed by atoms with Gasteiger partial charge in [-0.2, -0.15) is 29.8 Å². The molecule has 8 rings (SSSR count). The van der Waals surface area contributed by atoms with Crippen LogP contribution in [0.5, 0.6) is 5.75 Å². The first-order valence-electron chi connectivity index (χ1n) is 33.6. The molecule has 2 amide bonds. The number of nitrogens with zero attached hydrogens (tertiary/aromatic N) is 2. The van der Waals surface area contributed by atoms with Crippen molar-refractivity contribution in [2.24, 2.45) is 5.14 Å². The summed E-state index contributed by atoms with van der Waals surface area (Å²) in [6, 6.07) is 12.4. The Bertz CT molecular complexity index is 4880. The van der Waals surface area contributed by atoms with E-state index in [4.69, 9.17) is 9.88 Å². The van der Waals surface area contributed by atoms with Crippen molar-refractivity contribution in [3.8, 4) is 5.75 Å². The molecule has 0 radical (unpaired) electrons. The number of carboxylic acid groups (broad SMARTS) is 1. The van der Waals surface area contributed by atoms with Crippen LogP contribution in [0.25, 0.3) is 0 Å². The van der Waals surface area contributed by atoms with Gasteiger partial charge in [-0.05, 0) is 149 Å². The Morgan fingerprint density at radius 1 is 0.692 bits per heavy atom. The third-order valence-electron chi connectivity index (χ3n) is 18.7. The highest BCUT2D eigenvalue weighted by molar-refractivity contribution is 7.91. The second kappa shape index (κ2) is 33.2. The number of hydrogen-bond donors (Lipinski definition) is 8. The molecule has 4 aromatic rings. The van der Waals surface area contributed by atoms with E-state index < -0.39 is 158 Å². The maximum absolute atomic E-state index is 15.9. The molecule has 27 nitrogen and oxygen atoms in total.